The summed E-state index contributed by atoms with van der Waals surface area (Å²) in [6.45, 7) is 1.75. The van der Waals surface area contributed by atoms with Crippen LogP contribution in [0, 0.1) is 22.6 Å². The second kappa shape index (κ2) is 8.14. The van der Waals surface area contributed by atoms with Gasteiger partial charge < -0.3 is 20.4 Å². The number of benzene rings is 1. The van der Waals surface area contributed by atoms with E-state index in [1.165, 1.54) is 18.3 Å². The molecule has 0 aliphatic carbocycles. The molecular weight excluding hydrogens is 401 g/mol. The average Bonchev–Trinajstić information content (AvgIpc) is 3.16. The van der Waals surface area contributed by atoms with Crippen LogP contribution < -0.4 is 21.3 Å². The average molecular weight is 421 g/mol. The van der Waals surface area contributed by atoms with E-state index in [4.69, 9.17) is 20.4 Å². The van der Waals surface area contributed by atoms with Crippen molar-refractivity contribution < 1.29 is 13.7 Å². The molecule has 0 saturated heterocycles. The maximum Gasteiger partial charge on any atom is 0.191 e. The van der Waals surface area contributed by atoms with E-state index in [1.807, 2.05) is 6.07 Å². The van der Waals surface area contributed by atoms with Crippen molar-refractivity contribution in [3.63, 3.8) is 0 Å². The Balaban J connectivity index is 1.96. The molecule has 31 heavy (non-hydrogen) atoms. The van der Waals surface area contributed by atoms with Crippen LogP contribution in [-0.4, -0.2) is 28.9 Å². The Kier molecular flexibility index (Phi) is 5.37. The fraction of sp³-hybridized carbons (Fsp3) is 0.238. The number of pyridine rings is 1. The lowest BCUT2D eigenvalue weighted by molar-refractivity contribution is 0.227. The van der Waals surface area contributed by atoms with Crippen LogP contribution >= 0.6 is 0 Å². The second-order valence-corrected chi connectivity index (χ2v) is 7.10. The number of hydrogen-bond acceptors (Lipinski definition) is 9. The molecule has 0 spiro atoms. The fourth-order valence-electron chi connectivity index (χ4n) is 3.67. The van der Waals surface area contributed by atoms with Gasteiger partial charge in [-0.15, -0.1) is 0 Å². The third kappa shape index (κ3) is 3.72. The number of anilines is 1. The number of ether oxygens (including phenoxy) is 1. The smallest absolute Gasteiger partial charge is 0.191 e. The van der Waals surface area contributed by atoms with Gasteiger partial charge in [-0.3, -0.25) is 5.43 Å². The number of nitrogens with two attached hydrogens (primary N) is 1. The zero-order valence-corrected chi connectivity index (χ0v) is 16.9. The number of aromatic nitrogens is 2. The molecule has 1 unspecified atom stereocenters. The number of nitrogens with one attached hydrogen (secondary N) is 3. The highest BCUT2D eigenvalue weighted by molar-refractivity contribution is 6.03. The Bertz CT molecular complexity index is 1200. The van der Waals surface area contributed by atoms with Crippen LogP contribution in [0.4, 0.5) is 10.2 Å². The first-order valence-corrected chi connectivity index (χ1v) is 9.54. The van der Waals surface area contributed by atoms with Crippen molar-refractivity contribution in [3.8, 4) is 22.9 Å². The van der Waals surface area contributed by atoms with Crippen molar-refractivity contribution >= 4 is 11.5 Å². The van der Waals surface area contributed by atoms with Crippen molar-refractivity contribution in [1.82, 2.24) is 21.0 Å². The molecule has 4 rings (SSSR count). The van der Waals surface area contributed by atoms with Crippen molar-refractivity contribution in [2.45, 2.75) is 25.5 Å². The van der Waals surface area contributed by atoms with E-state index < -0.39 is 18.0 Å². The minimum absolute atomic E-state index is 0.0924. The van der Waals surface area contributed by atoms with Gasteiger partial charge in [-0.2, -0.15) is 5.26 Å². The minimum Gasteiger partial charge on any atom is -0.482 e. The van der Waals surface area contributed by atoms with Crippen molar-refractivity contribution in [1.29, 1.82) is 10.7 Å². The summed E-state index contributed by atoms with van der Waals surface area (Å²) in [7, 11) is 1.68. The molecule has 0 fully saturated rings. The van der Waals surface area contributed by atoms with Crippen molar-refractivity contribution in [2.75, 3.05) is 12.8 Å². The number of halogens is 1. The van der Waals surface area contributed by atoms with Crippen molar-refractivity contribution in [2.24, 2.45) is 0 Å². The van der Waals surface area contributed by atoms with E-state index in [0.29, 0.717) is 28.0 Å². The van der Waals surface area contributed by atoms with E-state index in [2.05, 4.69) is 21.0 Å². The summed E-state index contributed by atoms with van der Waals surface area (Å²) in [6.07, 6.45) is 1.09. The highest BCUT2D eigenvalue weighted by Gasteiger charge is 2.28. The molecule has 1 aliphatic heterocycles. The molecule has 10 heteroatoms. The largest absolute Gasteiger partial charge is 0.482 e. The first-order chi connectivity index (χ1) is 14.9. The van der Waals surface area contributed by atoms with E-state index in [0.717, 1.165) is 0 Å². The molecule has 1 aliphatic rings. The molecule has 2 bridgehead atoms. The van der Waals surface area contributed by atoms with E-state index >= 15 is 0 Å². The van der Waals surface area contributed by atoms with Crippen LogP contribution in [-0.2, 0) is 6.42 Å². The topological polar surface area (TPSA) is 146 Å². The van der Waals surface area contributed by atoms with Crippen LogP contribution in [0.1, 0.15) is 35.6 Å². The normalized spacial score (nSPS) is 18.1. The minimum atomic E-state index is -0.627. The summed E-state index contributed by atoms with van der Waals surface area (Å²) < 4.78 is 25.6. The van der Waals surface area contributed by atoms with Crippen LogP contribution in [0.25, 0.3) is 11.1 Å². The second-order valence-electron chi connectivity index (χ2n) is 7.10. The quantitative estimate of drug-likeness (QED) is 0.462. The van der Waals surface area contributed by atoms with Crippen LogP contribution in [0.5, 0.6) is 5.75 Å². The van der Waals surface area contributed by atoms with Gasteiger partial charge in [0.15, 0.2) is 17.3 Å². The number of nitriles is 1. The third-order valence-corrected chi connectivity index (χ3v) is 5.14. The molecule has 1 aromatic carbocycles. The summed E-state index contributed by atoms with van der Waals surface area (Å²) >= 11 is 0. The maximum atomic E-state index is 14.1. The zero-order valence-electron chi connectivity index (χ0n) is 16.9. The van der Waals surface area contributed by atoms with Crippen LogP contribution in [0.3, 0.4) is 0 Å². The summed E-state index contributed by atoms with van der Waals surface area (Å²) in [4.78, 5) is 4.19. The highest BCUT2D eigenvalue weighted by atomic mass is 19.1. The highest BCUT2D eigenvalue weighted by Crippen LogP contribution is 2.36. The first-order valence-electron chi connectivity index (χ1n) is 9.54. The van der Waals surface area contributed by atoms with E-state index in [9.17, 15) is 9.65 Å². The molecule has 5 N–H and O–H groups in total. The van der Waals surface area contributed by atoms with Gasteiger partial charge in [0.05, 0.1) is 17.3 Å². The molecule has 2 aromatic heterocycles. The number of hydrogen-bond donors (Lipinski definition) is 4. The van der Waals surface area contributed by atoms with Crippen LogP contribution in [0.2, 0.25) is 0 Å². The molecule has 0 amide bonds. The predicted octanol–water partition coefficient (Wildman–Crippen LogP) is 2.49. The van der Waals surface area contributed by atoms with Crippen molar-refractivity contribution in [3.05, 3.63) is 58.9 Å². The number of rotatable bonds is 2. The monoisotopic (exact) mass is 421 g/mol. The Hall–Kier alpha value is -3.81. The maximum absolute atomic E-state index is 14.1. The van der Waals surface area contributed by atoms with Gasteiger partial charge in [0.2, 0.25) is 0 Å². The molecule has 0 saturated carbocycles. The Morgan fingerprint density at radius 3 is 2.90 bits per heavy atom. The summed E-state index contributed by atoms with van der Waals surface area (Å²) in [5.41, 5.74) is 14.2. The number of hydrazine groups is 1. The van der Waals surface area contributed by atoms with Gasteiger partial charge in [0.25, 0.3) is 0 Å². The number of nitrogens with zero attached hydrogens (tertiary/aromatic N) is 3. The Labute approximate surface area is 177 Å². The lowest BCUT2D eigenvalue weighted by Crippen LogP contribution is -2.45. The lowest BCUT2D eigenvalue weighted by Gasteiger charge is -2.24. The van der Waals surface area contributed by atoms with E-state index in [1.54, 1.807) is 26.1 Å². The molecule has 0 radical (unpaired) electrons. The molecule has 158 valence electrons. The number of fused-ring (bicyclic) bond motifs is 5. The third-order valence-electron chi connectivity index (χ3n) is 5.14. The summed E-state index contributed by atoms with van der Waals surface area (Å²) in [5.74, 6) is 0.368. The van der Waals surface area contributed by atoms with E-state index in [-0.39, 0.29) is 29.4 Å². The van der Waals surface area contributed by atoms with Crippen LogP contribution in [0.15, 0.2) is 35.0 Å². The molecular formula is C21H20FN7O2. The standard InChI is InChI=1S/C21H20FN7O2/c1-10-14-6-12(22)3-4-13(14)20(24)15(28-26-2)7-17-19(16(8-23)29-31-17)11-5-18(30-10)21(25)27-9-11/h3-6,9-10,15,24,26,28H,7H2,1-2H3,(H2,25,27)/t10-,15?/m1/s1. The Morgan fingerprint density at radius 1 is 1.35 bits per heavy atom. The van der Waals surface area contributed by atoms with Gasteiger partial charge in [-0.05, 0) is 38.2 Å². The molecule has 3 heterocycles. The SMILES string of the molecule is CNNC1Cc2onc(C#N)c2-c2cnc(N)c(c2)O[C@H](C)c2cc(F)ccc2C1=N. The first kappa shape index (κ1) is 20.5. The van der Waals surface area contributed by atoms with Gasteiger partial charge in [0.1, 0.15) is 23.8 Å². The Morgan fingerprint density at radius 2 is 2.16 bits per heavy atom. The molecule has 9 nitrogen and oxygen atoms in total. The van der Waals surface area contributed by atoms with Gasteiger partial charge in [0, 0.05) is 29.3 Å². The van der Waals surface area contributed by atoms with Gasteiger partial charge in [-0.25, -0.2) is 14.8 Å². The molecule has 3 aromatic rings. The number of nitrogen functional groups attached to an aromatic ring is 1. The lowest BCUT2D eigenvalue weighted by atomic mass is 9.91. The zero-order chi connectivity index (χ0) is 22.1. The molecule has 2 atom stereocenters. The summed E-state index contributed by atoms with van der Waals surface area (Å²) in [6, 6.07) is 7.30. The van der Waals surface area contributed by atoms with Gasteiger partial charge >= 0.3 is 0 Å². The van der Waals surface area contributed by atoms with Gasteiger partial charge in [-0.1, -0.05) is 5.16 Å². The fourth-order valence-corrected chi connectivity index (χ4v) is 3.67. The predicted molar refractivity (Wildman–Crippen MR) is 111 cm³/mol. The summed E-state index contributed by atoms with van der Waals surface area (Å²) in [5, 5.41) is 22.2.